The van der Waals surface area contributed by atoms with Crippen molar-refractivity contribution >= 4 is 11.6 Å². The molecule has 21 heavy (non-hydrogen) atoms. The molecule has 0 aromatic heterocycles. The van der Waals surface area contributed by atoms with Crippen LogP contribution >= 0.6 is 0 Å². The van der Waals surface area contributed by atoms with E-state index in [0.29, 0.717) is 25.4 Å². The normalized spacial score (nSPS) is 14.3. The zero-order chi connectivity index (χ0) is 15.2. The van der Waals surface area contributed by atoms with Gasteiger partial charge >= 0.3 is 0 Å². The van der Waals surface area contributed by atoms with Crippen LogP contribution in [0.1, 0.15) is 38.7 Å². The molecular weight excluding hydrogens is 268 g/mol. The van der Waals surface area contributed by atoms with Gasteiger partial charge in [0.25, 0.3) is 0 Å². The second-order valence-corrected chi connectivity index (χ2v) is 5.00. The summed E-state index contributed by atoms with van der Waals surface area (Å²) in [5.41, 5.74) is 1.67. The highest BCUT2D eigenvalue weighted by molar-refractivity contribution is 6.13. The van der Waals surface area contributed by atoms with E-state index >= 15 is 0 Å². The molecule has 1 amide bonds. The summed E-state index contributed by atoms with van der Waals surface area (Å²) in [6.07, 6.45) is 2.21. The summed E-state index contributed by atoms with van der Waals surface area (Å²) in [4.78, 5) is 11.6. The lowest BCUT2D eigenvalue weighted by Crippen LogP contribution is -2.14. The number of benzene rings is 1. The van der Waals surface area contributed by atoms with E-state index in [9.17, 15) is 4.79 Å². The summed E-state index contributed by atoms with van der Waals surface area (Å²) in [6.45, 7) is 5.42. The molecule has 1 aliphatic heterocycles. The first kappa shape index (κ1) is 15.4. The van der Waals surface area contributed by atoms with Crippen LogP contribution in [0.25, 0.3) is 0 Å². The first-order chi connectivity index (χ1) is 10.2. The molecule has 0 unspecified atom stereocenters. The van der Waals surface area contributed by atoms with Gasteiger partial charge in [-0.05, 0) is 31.0 Å². The molecule has 0 saturated carbocycles. The van der Waals surface area contributed by atoms with Crippen molar-refractivity contribution in [1.82, 2.24) is 5.01 Å². The van der Waals surface area contributed by atoms with Crippen LogP contribution in [0, 0.1) is 0 Å². The summed E-state index contributed by atoms with van der Waals surface area (Å²) in [7, 11) is 1.67. The zero-order valence-corrected chi connectivity index (χ0v) is 12.9. The molecule has 0 bridgehead atoms. The van der Waals surface area contributed by atoms with Gasteiger partial charge in [0.05, 0.1) is 25.3 Å². The molecule has 5 nitrogen and oxygen atoms in total. The largest absolute Gasteiger partial charge is 0.490 e. The van der Waals surface area contributed by atoms with E-state index < -0.39 is 0 Å². The molecule has 0 fully saturated rings. The second-order valence-electron chi connectivity index (χ2n) is 5.00. The standard InChI is InChI=1S/C16H22N2O3/c1-4-8-20-14-7-6-12(10-15(14)21-9-5-2)13-11-16(19)18(3)17-13/h6-7,10H,4-5,8-9,11H2,1-3H3. The fourth-order valence-electron chi connectivity index (χ4n) is 2.03. The summed E-state index contributed by atoms with van der Waals surface area (Å²) < 4.78 is 11.5. The Kier molecular flexibility index (Phi) is 5.20. The number of ether oxygens (including phenoxy) is 2. The molecule has 0 N–H and O–H groups in total. The van der Waals surface area contributed by atoms with E-state index in [1.807, 2.05) is 18.2 Å². The van der Waals surface area contributed by atoms with Crippen LogP contribution in [0.5, 0.6) is 11.5 Å². The Balaban J connectivity index is 2.23. The highest BCUT2D eigenvalue weighted by Gasteiger charge is 2.22. The highest BCUT2D eigenvalue weighted by atomic mass is 16.5. The Labute approximate surface area is 125 Å². The van der Waals surface area contributed by atoms with Gasteiger partial charge in [-0.3, -0.25) is 4.79 Å². The molecule has 1 heterocycles. The maximum absolute atomic E-state index is 11.6. The van der Waals surface area contributed by atoms with Crippen molar-refractivity contribution in [1.29, 1.82) is 0 Å². The van der Waals surface area contributed by atoms with Crippen LogP contribution in [-0.4, -0.2) is 36.9 Å². The lowest BCUT2D eigenvalue weighted by Gasteiger charge is -2.13. The summed E-state index contributed by atoms with van der Waals surface area (Å²) in [5, 5.41) is 5.64. The van der Waals surface area contributed by atoms with Crippen molar-refractivity contribution in [2.24, 2.45) is 5.10 Å². The molecule has 5 heteroatoms. The molecule has 1 aromatic rings. The predicted octanol–water partition coefficient (Wildman–Crippen LogP) is 2.83. The third kappa shape index (κ3) is 3.74. The quantitative estimate of drug-likeness (QED) is 0.776. The molecule has 1 aromatic carbocycles. The third-order valence-corrected chi connectivity index (χ3v) is 3.15. The Bertz CT molecular complexity index is 540. The highest BCUT2D eigenvalue weighted by Crippen LogP contribution is 2.30. The number of carbonyl (C=O) groups excluding carboxylic acids is 1. The first-order valence-electron chi connectivity index (χ1n) is 7.39. The molecule has 2 rings (SSSR count). The summed E-state index contributed by atoms with van der Waals surface area (Å²) >= 11 is 0. The van der Waals surface area contributed by atoms with Gasteiger partial charge in [-0.1, -0.05) is 13.8 Å². The molecule has 0 radical (unpaired) electrons. The Morgan fingerprint density at radius 1 is 1.14 bits per heavy atom. The van der Waals surface area contributed by atoms with Crippen molar-refractivity contribution in [3.8, 4) is 11.5 Å². The van der Waals surface area contributed by atoms with Crippen LogP contribution in [0.2, 0.25) is 0 Å². The summed E-state index contributed by atoms with van der Waals surface area (Å²) in [5.74, 6) is 1.46. The van der Waals surface area contributed by atoms with Crippen molar-refractivity contribution in [3.63, 3.8) is 0 Å². The molecule has 114 valence electrons. The Morgan fingerprint density at radius 2 is 1.81 bits per heavy atom. The minimum Gasteiger partial charge on any atom is -0.490 e. The number of nitrogens with zero attached hydrogens (tertiary/aromatic N) is 2. The number of hydrogen-bond acceptors (Lipinski definition) is 4. The smallest absolute Gasteiger partial charge is 0.248 e. The van der Waals surface area contributed by atoms with Gasteiger partial charge in [0.15, 0.2) is 11.5 Å². The third-order valence-electron chi connectivity index (χ3n) is 3.15. The predicted molar refractivity (Wildman–Crippen MR) is 81.9 cm³/mol. The zero-order valence-electron chi connectivity index (χ0n) is 12.9. The van der Waals surface area contributed by atoms with E-state index in [2.05, 4.69) is 18.9 Å². The van der Waals surface area contributed by atoms with Gasteiger partial charge in [-0.2, -0.15) is 5.10 Å². The molecular formula is C16H22N2O3. The van der Waals surface area contributed by atoms with Gasteiger partial charge in [-0.15, -0.1) is 0 Å². The Morgan fingerprint density at radius 3 is 2.38 bits per heavy atom. The second kappa shape index (κ2) is 7.11. The number of rotatable bonds is 7. The maximum Gasteiger partial charge on any atom is 0.248 e. The fraction of sp³-hybridized carbons (Fsp3) is 0.500. The summed E-state index contributed by atoms with van der Waals surface area (Å²) in [6, 6.07) is 5.72. The van der Waals surface area contributed by atoms with Crippen molar-refractivity contribution in [2.45, 2.75) is 33.1 Å². The van der Waals surface area contributed by atoms with Gasteiger partial charge in [0.1, 0.15) is 0 Å². The van der Waals surface area contributed by atoms with E-state index in [-0.39, 0.29) is 5.91 Å². The number of carbonyl (C=O) groups is 1. The van der Waals surface area contributed by atoms with E-state index in [4.69, 9.17) is 9.47 Å². The molecule has 0 saturated heterocycles. The van der Waals surface area contributed by atoms with Crippen LogP contribution in [0.4, 0.5) is 0 Å². The van der Waals surface area contributed by atoms with Crippen LogP contribution < -0.4 is 9.47 Å². The minimum atomic E-state index is 0.00679. The monoisotopic (exact) mass is 290 g/mol. The number of amides is 1. The molecule has 0 atom stereocenters. The lowest BCUT2D eigenvalue weighted by atomic mass is 10.1. The van der Waals surface area contributed by atoms with Crippen LogP contribution in [-0.2, 0) is 4.79 Å². The topological polar surface area (TPSA) is 51.1 Å². The lowest BCUT2D eigenvalue weighted by molar-refractivity contribution is -0.127. The minimum absolute atomic E-state index is 0.00679. The number of hydrazone groups is 1. The number of hydrogen-bond donors (Lipinski definition) is 0. The van der Waals surface area contributed by atoms with Gasteiger partial charge in [0, 0.05) is 12.6 Å². The SMILES string of the molecule is CCCOc1ccc(C2=NN(C)C(=O)C2)cc1OCCC. The Hall–Kier alpha value is -2.04. The average Bonchev–Trinajstić information content (AvgIpc) is 2.83. The average molecular weight is 290 g/mol. The van der Waals surface area contributed by atoms with Crippen molar-refractivity contribution < 1.29 is 14.3 Å². The van der Waals surface area contributed by atoms with E-state index in [1.54, 1.807) is 7.05 Å². The van der Waals surface area contributed by atoms with Crippen LogP contribution in [0.15, 0.2) is 23.3 Å². The van der Waals surface area contributed by atoms with Gasteiger partial charge < -0.3 is 9.47 Å². The first-order valence-corrected chi connectivity index (χ1v) is 7.39. The molecule has 0 spiro atoms. The van der Waals surface area contributed by atoms with Gasteiger partial charge in [0.2, 0.25) is 5.91 Å². The fourth-order valence-corrected chi connectivity index (χ4v) is 2.03. The van der Waals surface area contributed by atoms with Crippen molar-refractivity contribution in [2.75, 3.05) is 20.3 Å². The molecule has 1 aliphatic rings. The van der Waals surface area contributed by atoms with Crippen molar-refractivity contribution in [3.05, 3.63) is 23.8 Å². The molecule has 0 aliphatic carbocycles. The van der Waals surface area contributed by atoms with Gasteiger partial charge in [-0.25, -0.2) is 5.01 Å². The van der Waals surface area contributed by atoms with E-state index in [1.165, 1.54) is 5.01 Å². The van der Waals surface area contributed by atoms with E-state index in [0.717, 1.165) is 29.9 Å². The van der Waals surface area contributed by atoms with Crippen LogP contribution in [0.3, 0.4) is 0 Å². The maximum atomic E-state index is 11.6.